The van der Waals surface area contributed by atoms with Gasteiger partial charge in [0.05, 0.1) is 23.3 Å². The first-order valence-corrected chi connectivity index (χ1v) is 9.73. The van der Waals surface area contributed by atoms with Crippen molar-refractivity contribution < 1.29 is 0 Å². The van der Waals surface area contributed by atoms with Gasteiger partial charge in [0.25, 0.3) is 0 Å². The van der Waals surface area contributed by atoms with E-state index in [2.05, 4.69) is 33.3 Å². The molecule has 3 aromatic rings. The SMILES string of the molecule is CCCc1cc2c(NC3CCCCC3)c(-c3ccc(N)cn3)cnc2[nH]1. The molecule has 0 aromatic carbocycles. The van der Waals surface area contributed by atoms with E-state index in [9.17, 15) is 0 Å². The molecule has 0 spiro atoms. The number of hydrogen-bond donors (Lipinski definition) is 3. The van der Waals surface area contributed by atoms with Crippen molar-refractivity contribution in [2.24, 2.45) is 0 Å². The normalized spacial score (nSPS) is 15.4. The van der Waals surface area contributed by atoms with E-state index in [1.165, 1.54) is 37.8 Å². The Hall–Kier alpha value is -2.56. The average Bonchev–Trinajstić information content (AvgIpc) is 3.07. The Morgan fingerprint density at radius 2 is 2.00 bits per heavy atom. The highest BCUT2D eigenvalue weighted by molar-refractivity contribution is 5.98. The van der Waals surface area contributed by atoms with Crippen LogP contribution in [0, 0.1) is 0 Å². The molecular formula is C21H27N5. The monoisotopic (exact) mass is 349 g/mol. The third kappa shape index (κ3) is 3.39. The van der Waals surface area contributed by atoms with Crippen LogP contribution in [0.1, 0.15) is 51.1 Å². The molecule has 136 valence electrons. The van der Waals surface area contributed by atoms with Crippen LogP contribution in [0.25, 0.3) is 22.3 Å². The quantitative estimate of drug-likeness (QED) is 0.612. The molecule has 1 aliphatic carbocycles. The van der Waals surface area contributed by atoms with Crippen molar-refractivity contribution in [2.45, 2.75) is 57.9 Å². The number of aryl methyl sites for hydroxylation is 1. The molecule has 5 heteroatoms. The van der Waals surface area contributed by atoms with E-state index in [-0.39, 0.29) is 0 Å². The maximum Gasteiger partial charge on any atom is 0.139 e. The Labute approximate surface area is 154 Å². The highest BCUT2D eigenvalue weighted by atomic mass is 15.0. The molecule has 0 aliphatic heterocycles. The molecular weight excluding hydrogens is 322 g/mol. The van der Waals surface area contributed by atoms with Crippen LogP contribution in [0.15, 0.2) is 30.6 Å². The Morgan fingerprint density at radius 3 is 2.73 bits per heavy atom. The Bertz CT molecular complexity index is 875. The molecule has 26 heavy (non-hydrogen) atoms. The number of H-pyrrole nitrogens is 1. The summed E-state index contributed by atoms with van der Waals surface area (Å²) in [6.07, 6.45) is 12.2. The van der Waals surface area contributed by atoms with Crippen molar-refractivity contribution in [2.75, 3.05) is 11.1 Å². The second-order valence-corrected chi connectivity index (χ2v) is 7.31. The van der Waals surface area contributed by atoms with Crippen LogP contribution in [-0.2, 0) is 6.42 Å². The van der Waals surface area contributed by atoms with Gasteiger partial charge in [-0.05, 0) is 37.5 Å². The Kier molecular flexibility index (Phi) is 4.78. The first kappa shape index (κ1) is 16.9. The van der Waals surface area contributed by atoms with Gasteiger partial charge in [0.2, 0.25) is 0 Å². The van der Waals surface area contributed by atoms with Crippen molar-refractivity contribution in [1.82, 2.24) is 15.0 Å². The minimum absolute atomic E-state index is 0.520. The number of aromatic nitrogens is 3. The van der Waals surface area contributed by atoms with Crippen LogP contribution in [0.2, 0.25) is 0 Å². The topological polar surface area (TPSA) is 79.6 Å². The molecule has 0 amide bonds. The lowest BCUT2D eigenvalue weighted by Crippen LogP contribution is -2.22. The van der Waals surface area contributed by atoms with E-state index in [4.69, 9.17) is 5.73 Å². The number of nitrogen functional groups attached to an aromatic ring is 1. The Morgan fingerprint density at radius 1 is 1.15 bits per heavy atom. The van der Waals surface area contributed by atoms with Crippen molar-refractivity contribution in [3.63, 3.8) is 0 Å². The van der Waals surface area contributed by atoms with E-state index in [0.717, 1.165) is 40.8 Å². The van der Waals surface area contributed by atoms with Gasteiger partial charge in [-0.1, -0.05) is 32.6 Å². The number of nitrogens with one attached hydrogen (secondary N) is 2. The minimum atomic E-state index is 0.520. The lowest BCUT2D eigenvalue weighted by Gasteiger charge is -2.25. The third-order valence-corrected chi connectivity index (χ3v) is 5.25. The van der Waals surface area contributed by atoms with Gasteiger partial charge in [-0.2, -0.15) is 0 Å². The number of pyridine rings is 2. The van der Waals surface area contributed by atoms with Crippen molar-refractivity contribution in [3.05, 3.63) is 36.3 Å². The standard InChI is InChI=1S/C21H27N5/c1-2-6-16-11-17-20(25-15-7-4-3-5-8-15)18(13-24-21(17)26-16)19-10-9-14(22)12-23-19/h9-13,15H,2-8,22H2,1H3,(H2,24,25,26). The molecule has 0 unspecified atom stereocenters. The summed E-state index contributed by atoms with van der Waals surface area (Å²) < 4.78 is 0. The van der Waals surface area contributed by atoms with E-state index in [1.54, 1.807) is 6.20 Å². The van der Waals surface area contributed by atoms with Gasteiger partial charge in [0.1, 0.15) is 5.65 Å². The highest BCUT2D eigenvalue weighted by Crippen LogP contribution is 2.35. The number of nitrogens with zero attached hydrogens (tertiary/aromatic N) is 2. The minimum Gasteiger partial charge on any atom is -0.397 e. The summed E-state index contributed by atoms with van der Waals surface area (Å²) in [6, 6.07) is 6.64. The molecule has 3 heterocycles. The van der Waals surface area contributed by atoms with Crippen LogP contribution >= 0.6 is 0 Å². The first-order chi connectivity index (χ1) is 12.7. The van der Waals surface area contributed by atoms with Gasteiger partial charge in [-0.3, -0.25) is 4.98 Å². The number of anilines is 2. The first-order valence-electron chi connectivity index (χ1n) is 9.73. The molecule has 5 nitrogen and oxygen atoms in total. The molecule has 0 atom stereocenters. The maximum atomic E-state index is 5.82. The predicted octanol–water partition coefficient (Wildman–Crippen LogP) is 4.90. The molecule has 1 saturated carbocycles. The fourth-order valence-electron chi connectivity index (χ4n) is 3.90. The largest absolute Gasteiger partial charge is 0.397 e. The molecule has 0 bridgehead atoms. The van der Waals surface area contributed by atoms with E-state index in [1.807, 2.05) is 18.3 Å². The fraction of sp³-hybridized carbons (Fsp3) is 0.429. The third-order valence-electron chi connectivity index (χ3n) is 5.25. The van der Waals surface area contributed by atoms with Gasteiger partial charge in [-0.15, -0.1) is 0 Å². The lowest BCUT2D eigenvalue weighted by atomic mass is 9.94. The van der Waals surface area contributed by atoms with Gasteiger partial charge < -0.3 is 16.0 Å². The number of rotatable bonds is 5. The van der Waals surface area contributed by atoms with Crippen molar-refractivity contribution in [1.29, 1.82) is 0 Å². The van der Waals surface area contributed by atoms with Crippen molar-refractivity contribution in [3.8, 4) is 11.3 Å². The van der Waals surface area contributed by atoms with E-state index < -0.39 is 0 Å². The van der Waals surface area contributed by atoms with Gasteiger partial charge >= 0.3 is 0 Å². The summed E-state index contributed by atoms with van der Waals surface area (Å²) in [4.78, 5) is 12.7. The fourth-order valence-corrected chi connectivity index (χ4v) is 3.90. The maximum absolute atomic E-state index is 5.82. The summed E-state index contributed by atoms with van der Waals surface area (Å²) in [6.45, 7) is 2.20. The van der Waals surface area contributed by atoms with Gasteiger partial charge in [0, 0.05) is 28.9 Å². The summed E-state index contributed by atoms with van der Waals surface area (Å²) in [5.41, 5.74) is 11.8. The van der Waals surface area contributed by atoms with Crippen LogP contribution in [0.5, 0.6) is 0 Å². The molecule has 1 fully saturated rings. The molecule has 4 N–H and O–H groups in total. The summed E-state index contributed by atoms with van der Waals surface area (Å²) in [5, 5.41) is 4.99. The molecule has 0 radical (unpaired) electrons. The summed E-state index contributed by atoms with van der Waals surface area (Å²) in [7, 11) is 0. The highest BCUT2D eigenvalue weighted by Gasteiger charge is 2.19. The van der Waals surface area contributed by atoms with Gasteiger partial charge in [0.15, 0.2) is 0 Å². The average molecular weight is 349 g/mol. The van der Waals surface area contributed by atoms with Crippen LogP contribution in [0.4, 0.5) is 11.4 Å². The summed E-state index contributed by atoms with van der Waals surface area (Å²) in [5.74, 6) is 0. The summed E-state index contributed by atoms with van der Waals surface area (Å²) >= 11 is 0. The van der Waals surface area contributed by atoms with E-state index in [0.29, 0.717) is 11.7 Å². The smallest absolute Gasteiger partial charge is 0.139 e. The second-order valence-electron chi connectivity index (χ2n) is 7.31. The second kappa shape index (κ2) is 7.36. The zero-order chi connectivity index (χ0) is 17.9. The van der Waals surface area contributed by atoms with Crippen LogP contribution < -0.4 is 11.1 Å². The van der Waals surface area contributed by atoms with Crippen LogP contribution in [-0.4, -0.2) is 21.0 Å². The Balaban J connectivity index is 1.80. The molecule has 0 saturated heterocycles. The number of aromatic amines is 1. The number of hydrogen-bond acceptors (Lipinski definition) is 4. The van der Waals surface area contributed by atoms with Crippen molar-refractivity contribution >= 4 is 22.4 Å². The number of fused-ring (bicyclic) bond motifs is 1. The molecule has 3 aromatic heterocycles. The molecule has 1 aliphatic rings. The lowest BCUT2D eigenvalue weighted by molar-refractivity contribution is 0.463. The number of nitrogens with two attached hydrogens (primary N) is 1. The van der Waals surface area contributed by atoms with Gasteiger partial charge in [-0.25, -0.2) is 4.98 Å². The zero-order valence-electron chi connectivity index (χ0n) is 15.4. The predicted molar refractivity (Wildman–Crippen MR) is 108 cm³/mol. The van der Waals surface area contributed by atoms with Crippen LogP contribution in [0.3, 0.4) is 0 Å². The zero-order valence-corrected chi connectivity index (χ0v) is 15.4. The molecule has 4 rings (SSSR count). The van der Waals surface area contributed by atoms with E-state index >= 15 is 0 Å².